The topological polar surface area (TPSA) is 63.2 Å². The number of anilines is 1. The highest BCUT2D eigenvalue weighted by molar-refractivity contribution is 9.10. The number of sulfone groups is 1. The van der Waals surface area contributed by atoms with Crippen molar-refractivity contribution >= 4 is 37.4 Å². The normalized spacial score (nSPS) is 21.3. The molecular weight excluding hydrogens is 330 g/mol. The first-order valence-corrected chi connectivity index (χ1v) is 8.73. The zero-order valence-electron chi connectivity index (χ0n) is 10.6. The SMILES string of the molecule is Cc1ccc(NC(=O)CC2CCS(=O)(=O)C2)c(Br)c1. The largest absolute Gasteiger partial charge is 0.325 e. The van der Waals surface area contributed by atoms with Gasteiger partial charge in [0.05, 0.1) is 17.2 Å². The van der Waals surface area contributed by atoms with Gasteiger partial charge in [-0.25, -0.2) is 8.42 Å². The molecule has 0 aliphatic carbocycles. The number of amides is 1. The summed E-state index contributed by atoms with van der Waals surface area (Å²) in [7, 11) is -2.92. The summed E-state index contributed by atoms with van der Waals surface area (Å²) in [6, 6.07) is 5.68. The third kappa shape index (κ3) is 4.04. The number of aryl methyl sites for hydroxylation is 1. The molecular formula is C13H16BrNO3S. The van der Waals surface area contributed by atoms with E-state index < -0.39 is 9.84 Å². The Labute approximate surface area is 121 Å². The minimum absolute atomic E-state index is 0.0470. The van der Waals surface area contributed by atoms with Crippen LogP contribution in [0.5, 0.6) is 0 Å². The summed E-state index contributed by atoms with van der Waals surface area (Å²) in [5, 5.41) is 2.81. The Kier molecular flexibility index (Phi) is 4.30. The van der Waals surface area contributed by atoms with Gasteiger partial charge in [0.2, 0.25) is 5.91 Å². The number of carbonyl (C=O) groups is 1. The van der Waals surface area contributed by atoms with Crippen molar-refractivity contribution in [3.8, 4) is 0 Å². The van der Waals surface area contributed by atoms with Gasteiger partial charge in [0, 0.05) is 10.9 Å². The van der Waals surface area contributed by atoms with Crippen molar-refractivity contribution in [3.63, 3.8) is 0 Å². The standard InChI is InChI=1S/C13H16BrNO3S/c1-9-2-3-12(11(14)6-9)15-13(16)7-10-4-5-19(17,18)8-10/h2-3,6,10H,4-5,7-8H2,1H3,(H,15,16). The van der Waals surface area contributed by atoms with Crippen molar-refractivity contribution in [2.24, 2.45) is 5.92 Å². The summed E-state index contributed by atoms with van der Waals surface area (Å²) >= 11 is 3.40. The number of rotatable bonds is 3. The maximum absolute atomic E-state index is 11.9. The van der Waals surface area contributed by atoms with E-state index in [4.69, 9.17) is 0 Å². The molecule has 4 nitrogen and oxygen atoms in total. The third-order valence-electron chi connectivity index (χ3n) is 3.20. The van der Waals surface area contributed by atoms with Gasteiger partial charge >= 0.3 is 0 Å². The van der Waals surface area contributed by atoms with E-state index in [1.54, 1.807) is 0 Å². The smallest absolute Gasteiger partial charge is 0.224 e. The van der Waals surface area contributed by atoms with Gasteiger partial charge in [0.1, 0.15) is 0 Å². The molecule has 1 aliphatic heterocycles. The summed E-state index contributed by atoms with van der Waals surface area (Å²) in [4.78, 5) is 11.9. The van der Waals surface area contributed by atoms with Crippen LogP contribution < -0.4 is 5.32 Å². The lowest BCUT2D eigenvalue weighted by Gasteiger charge is -2.10. The van der Waals surface area contributed by atoms with E-state index in [1.807, 2.05) is 25.1 Å². The van der Waals surface area contributed by atoms with Gasteiger partial charge in [-0.2, -0.15) is 0 Å². The minimum atomic E-state index is -2.92. The van der Waals surface area contributed by atoms with Crippen LogP contribution in [0.15, 0.2) is 22.7 Å². The molecule has 0 bridgehead atoms. The van der Waals surface area contributed by atoms with E-state index in [0.717, 1.165) is 15.7 Å². The maximum atomic E-state index is 11.9. The molecule has 0 aromatic heterocycles. The zero-order valence-corrected chi connectivity index (χ0v) is 13.1. The summed E-state index contributed by atoms with van der Waals surface area (Å²) in [6.45, 7) is 1.97. The molecule has 1 aliphatic rings. The van der Waals surface area contributed by atoms with E-state index in [9.17, 15) is 13.2 Å². The van der Waals surface area contributed by atoms with E-state index in [-0.39, 0.29) is 29.8 Å². The molecule has 19 heavy (non-hydrogen) atoms. The fourth-order valence-electron chi connectivity index (χ4n) is 2.22. The summed E-state index contributed by atoms with van der Waals surface area (Å²) in [6.07, 6.45) is 0.852. The Bertz CT molecular complexity index is 598. The van der Waals surface area contributed by atoms with E-state index in [1.165, 1.54) is 0 Å². The lowest BCUT2D eigenvalue weighted by Crippen LogP contribution is -2.17. The highest BCUT2D eigenvalue weighted by atomic mass is 79.9. The van der Waals surface area contributed by atoms with E-state index in [2.05, 4.69) is 21.2 Å². The van der Waals surface area contributed by atoms with Gasteiger partial charge in [-0.1, -0.05) is 6.07 Å². The summed E-state index contributed by atoms with van der Waals surface area (Å²) in [5.41, 5.74) is 1.82. The van der Waals surface area contributed by atoms with Crippen LogP contribution in [-0.4, -0.2) is 25.8 Å². The summed E-state index contributed by atoms with van der Waals surface area (Å²) in [5.74, 6) is 0.162. The van der Waals surface area contributed by atoms with Crippen molar-refractivity contribution in [3.05, 3.63) is 28.2 Å². The van der Waals surface area contributed by atoms with Crippen LogP contribution in [0.25, 0.3) is 0 Å². The van der Waals surface area contributed by atoms with E-state index >= 15 is 0 Å². The fourth-order valence-corrected chi connectivity index (χ4v) is 4.67. The van der Waals surface area contributed by atoms with Gasteiger partial charge in [0.25, 0.3) is 0 Å². The molecule has 1 atom stereocenters. The first-order chi connectivity index (χ1) is 8.85. The van der Waals surface area contributed by atoms with Crippen molar-refractivity contribution < 1.29 is 13.2 Å². The van der Waals surface area contributed by atoms with Gasteiger partial charge in [-0.3, -0.25) is 4.79 Å². The molecule has 1 aromatic rings. The average Bonchev–Trinajstić information content (AvgIpc) is 2.62. The monoisotopic (exact) mass is 345 g/mol. The molecule has 0 radical (unpaired) electrons. The molecule has 1 unspecified atom stereocenters. The van der Waals surface area contributed by atoms with Gasteiger partial charge < -0.3 is 5.32 Å². The Morgan fingerprint density at radius 2 is 2.21 bits per heavy atom. The van der Waals surface area contributed by atoms with Gasteiger partial charge in [-0.15, -0.1) is 0 Å². The van der Waals surface area contributed by atoms with Crippen LogP contribution in [0.1, 0.15) is 18.4 Å². The first-order valence-electron chi connectivity index (χ1n) is 6.12. The minimum Gasteiger partial charge on any atom is -0.325 e. The molecule has 1 heterocycles. The molecule has 1 aromatic carbocycles. The van der Waals surface area contributed by atoms with E-state index in [0.29, 0.717) is 6.42 Å². The first kappa shape index (κ1) is 14.5. The number of hydrogen-bond acceptors (Lipinski definition) is 3. The predicted octanol–water partition coefficient (Wildman–Crippen LogP) is 2.52. The highest BCUT2D eigenvalue weighted by Gasteiger charge is 2.29. The van der Waals surface area contributed by atoms with Crippen LogP contribution in [0.4, 0.5) is 5.69 Å². The predicted molar refractivity (Wildman–Crippen MR) is 78.9 cm³/mol. The second kappa shape index (κ2) is 5.63. The number of carbonyl (C=O) groups excluding carboxylic acids is 1. The number of nitrogens with one attached hydrogen (secondary N) is 1. The lowest BCUT2D eigenvalue weighted by molar-refractivity contribution is -0.116. The Morgan fingerprint density at radius 1 is 1.47 bits per heavy atom. The molecule has 104 valence electrons. The van der Waals surface area contributed by atoms with Crippen molar-refractivity contribution in [2.45, 2.75) is 19.8 Å². The maximum Gasteiger partial charge on any atom is 0.224 e. The number of hydrogen-bond donors (Lipinski definition) is 1. The van der Waals surface area contributed by atoms with Crippen LogP contribution >= 0.6 is 15.9 Å². The van der Waals surface area contributed by atoms with Gasteiger partial charge in [-0.05, 0) is 52.9 Å². The molecule has 6 heteroatoms. The Balaban J connectivity index is 1.95. The van der Waals surface area contributed by atoms with Crippen LogP contribution in [-0.2, 0) is 14.6 Å². The second-order valence-corrected chi connectivity index (χ2v) is 8.09. The molecule has 1 saturated heterocycles. The third-order valence-corrected chi connectivity index (χ3v) is 5.69. The highest BCUT2D eigenvalue weighted by Crippen LogP contribution is 2.25. The van der Waals surface area contributed by atoms with Crippen molar-refractivity contribution in [1.29, 1.82) is 0 Å². The van der Waals surface area contributed by atoms with Gasteiger partial charge in [0.15, 0.2) is 9.84 Å². The zero-order chi connectivity index (χ0) is 14.0. The average molecular weight is 346 g/mol. The van der Waals surface area contributed by atoms with Crippen molar-refractivity contribution in [2.75, 3.05) is 16.8 Å². The van der Waals surface area contributed by atoms with Crippen LogP contribution in [0.2, 0.25) is 0 Å². The molecule has 1 N–H and O–H groups in total. The van der Waals surface area contributed by atoms with Crippen molar-refractivity contribution in [1.82, 2.24) is 0 Å². The molecule has 2 rings (SSSR count). The Hall–Kier alpha value is -0.880. The van der Waals surface area contributed by atoms with Crippen LogP contribution in [0.3, 0.4) is 0 Å². The quantitative estimate of drug-likeness (QED) is 0.915. The molecule has 1 amide bonds. The molecule has 1 fully saturated rings. The summed E-state index contributed by atoms with van der Waals surface area (Å²) < 4.78 is 23.5. The Morgan fingerprint density at radius 3 is 2.79 bits per heavy atom. The number of benzene rings is 1. The molecule has 0 spiro atoms. The fraction of sp³-hybridized carbons (Fsp3) is 0.462. The second-order valence-electron chi connectivity index (χ2n) is 5.00. The molecule has 0 saturated carbocycles. The lowest BCUT2D eigenvalue weighted by atomic mass is 10.0. The van der Waals surface area contributed by atoms with Crippen LogP contribution in [0, 0.1) is 12.8 Å². The number of halogens is 1.